The Morgan fingerprint density at radius 1 is 1.05 bits per heavy atom. The fraction of sp³-hybridized carbons (Fsp3) is 0.333. The smallest absolute Gasteiger partial charge is 0.258 e. The molecule has 3 nitrogen and oxygen atoms in total. The second-order valence-electron chi connectivity index (χ2n) is 6.53. The Balaban J connectivity index is 1.92. The summed E-state index contributed by atoms with van der Waals surface area (Å²) in [6.07, 6.45) is 0.245. The molecule has 0 amide bonds. The molecule has 0 aromatic heterocycles. The van der Waals surface area contributed by atoms with Crippen molar-refractivity contribution in [2.24, 2.45) is 0 Å². The first kappa shape index (κ1) is 15.3. The summed E-state index contributed by atoms with van der Waals surface area (Å²) in [5.74, 6) is 0. The average molecular weight is 316 g/mol. The van der Waals surface area contributed by atoms with Crippen LogP contribution in [0.25, 0.3) is 0 Å². The fourth-order valence-corrected chi connectivity index (χ4v) is 4.13. The van der Waals surface area contributed by atoms with Crippen LogP contribution >= 0.6 is 0 Å². The van der Waals surface area contributed by atoms with Crippen molar-refractivity contribution < 1.29 is 12.6 Å². The molecule has 4 heteroatoms. The van der Waals surface area contributed by atoms with E-state index >= 15 is 0 Å². The third-order valence-electron chi connectivity index (χ3n) is 4.28. The van der Waals surface area contributed by atoms with E-state index in [2.05, 4.69) is 19.9 Å². The molecule has 0 radical (unpaired) electrons. The third kappa shape index (κ3) is 2.69. The topological polar surface area (TPSA) is 43.4 Å². The van der Waals surface area contributed by atoms with E-state index in [1.54, 1.807) is 24.3 Å². The van der Waals surface area contributed by atoms with Gasteiger partial charge in [-0.15, -0.1) is 0 Å². The van der Waals surface area contributed by atoms with Crippen molar-refractivity contribution in [3.8, 4) is 0 Å². The van der Waals surface area contributed by atoms with Gasteiger partial charge < -0.3 is 0 Å². The van der Waals surface area contributed by atoms with Gasteiger partial charge in [0.2, 0.25) is 0 Å². The summed E-state index contributed by atoms with van der Waals surface area (Å²) in [6.45, 7) is 6.16. The highest BCUT2D eigenvalue weighted by Gasteiger charge is 2.39. The number of hydrogen-bond acceptors (Lipinski definition) is 3. The van der Waals surface area contributed by atoms with E-state index in [1.807, 2.05) is 25.1 Å². The predicted octanol–water partition coefficient (Wildman–Crippen LogP) is 4.12. The monoisotopic (exact) mass is 316 g/mol. The van der Waals surface area contributed by atoms with E-state index in [0.29, 0.717) is 6.42 Å². The molecule has 1 aliphatic carbocycles. The van der Waals surface area contributed by atoms with Gasteiger partial charge in [0.05, 0.1) is 4.90 Å². The summed E-state index contributed by atoms with van der Waals surface area (Å²) < 4.78 is 30.6. The molecule has 0 saturated heterocycles. The molecule has 0 spiro atoms. The molecule has 1 atom stereocenters. The van der Waals surface area contributed by atoms with Crippen LogP contribution in [0.3, 0.4) is 0 Å². The highest BCUT2D eigenvalue weighted by molar-refractivity contribution is 7.86. The van der Waals surface area contributed by atoms with E-state index < -0.39 is 16.2 Å². The van der Waals surface area contributed by atoms with Crippen LogP contribution in [-0.2, 0) is 19.7 Å². The number of aryl methyl sites for hydroxylation is 1. The molecule has 22 heavy (non-hydrogen) atoms. The van der Waals surface area contributed by atoms with Gasteiger partial charge >= 0.3 is 0 Å². The van der Waals surface area contributed by atoms with Crippen LogP contribution in [0, 0.1) is 6.92 Å². The minimum atomic E-state index is -3.75. The van der Waals surface area contributed by atoms with E-state index in [-0.39, 0.29) is 10.3 Å². The fourth-order valence-electron chi connectivity index (χ4n) is 3.08. The molecule has 116 valence electrons. The maximum atomic E-state index is 12.5. The number of rotatable bonds is 3. The summed E-state index contributed by atoms with van der Waals surface area (Å²) in [4.78, 5) is 0.209. The van der Waals surface area contributed by atoms with Crippen LogP contribution in [0.15, 0.2) is 53.4 Å². The molecule has 1 unspecified atom stereocenters. The van der Waals surface area contributed by atoms with E-state index in [4.69, 9.17) is 4.18 Å². The zero-order chi connectivity index (χ0) is 16.0. The van der Waals surface area contributed by atoms with Crippen LogP contribution in [-0.4, -0.2) is 8.42 Å². The molecule has 3 rings (SSSR count). The van der Waals surface area contributed by atoms with Crippen molar-refractivity contribution in [2.45, 2.75) is 43.6 Å². The lowest BCUT2D eigenvalue weighted by Gasteiger charge is -2.19. The molecule has 0 aliphatic heterocycles. The van der Waals surface area contributed by atoms with Crippen molar-refractivity contribution in [1.82, 2.24) is 0 Å². The molecule has 0 fully saturated rings. The van der Waals surface area contributed by atoms with Gasteiger partial charge in [0.1, 0.15) is 6.10 Å². The minimum absolute atomic E-state index is 0.0793. The van der Waals surface area contributed by atoms with Crippen LogP contribution < -0.4 is 0 Å². The van der Waals surface area contributed by atoms with E-state index in [1.165, 1.54) is 5.56 Å². The zero-order valence-corrected chi connectivity index (χ0v) is 13.9. The van der Waals surface area contributed by atoms with Crippen LogP contribution in [0.2, 0.25) is 0 Å². The molecule has 2 aromatic carbocycles. The maximum absolute atomic E-state index is 12.5. The largest absolute Gasteiger partial charge is 0.297 e. The van der Waals surface area contributed by atoms with Crippen molar-refractivity contribution >= 4 is 10.1 Å². The molecular weight excluding hydrogens is 296 g/mol. The second kappa shape index (κ2) is 5.21. The summed E-state index contributed by atoms with van der Waals surface area (Å²) in [5, 5.41) is 0. The van der Waals surface area contributed by atoms with Crippen molar-refractivity contribution in [3.63, 3.8) is 0 Å². The molecule has 0 heterocycles. The van der Waals surface area contributed by atoms with Gasteiger partial charge in [-0.1, -0.05) is 55.8 Å². The summed E-state index contributed by atoms with van der Waals surface area (Å²) in [6, 6.07) is 14.7. The molecule has 0 bridgehead atoms. The van der Waals surface area contributed by atoms with Crippen molar-refractivity contribution in [2.75, 3.05) is 0 Å². The normalized spacial score (nSPS) is 19.9. The lowest BCUT2D eigenvalue weighted by atomic mass is 9.87. The minimum Gasteiger partial charge on any atom is -0.258 e. The van der Waals surface area contributed by atoms with Gasteiger partial charge in [-0.25, -0.2) is 0 Å². The third-order valence-corrected chi connectivity index (χ3v) is 5.62. The first-order valence-electron chi connectivity index (χ1n) is 7.39. The maximum Gasteiger partial charge on any atom is 0.297 e. The Morgan fingerprint density at radius 3 is 2.36 bits per heavy atom. The van der Waals surface area contributed by atoms with Gasteiger partial charge in [0.25, 0.3) is 10.1 Å². The van der Waals surface area contributed by atoms with Gasteiger partial charge in [0, 0.05) is 0 Å². The Labute approximate surface area is 132 Å². The van der Waals surface area contributed by atoms with Gasteiger partial charge in [-0.3, -0.25) is 4.18 Å². The summed E-state index contributed by atoms with van der Waals surface area (Å²) in [7, 11) is -3.75. The molecule has 0 N–H and O–H groups in total. The van der Waals surface area contributed by atoms with Crippen LogP contribution in [0.1, 0.15) is 43.1 Å². The van der Waals surface area contributed by atoms with Gasteiger partial charge in [-0.2, -0.15) is 8.42 Å². The Kier molecular flexibility index (Phi) is 3.62. The Hall–Kier alpha value is -1.65. The van der Waals surface area contributed by atoms with Gasteiger partial charge in [-0.05, 0) is 42.0 Å². The average Bonchev–Trinajstić information content (AvgIpc) is 2.71. The summed E-state index contributed by atoms with van der Waals surface area (Å²) >= 11 is 0. The number of hydrogen-bond donors (Lipinski definition) is 0. The lowest BCUT2D eigenvalue weighted by Crippen LogP contribution is -2.14. The second-order valence-corrected chi connectivity index (χ2v) is 8.10. The molecule has 1 aliphatic rings. The standard InChI is InChI=1S/C18H20O3S/c1-13-8-10-14(11-9-13)22(19,20)21-17-12-18(2,3)16-7-5-4-6-15(16)17/h4-11,17H,12H2,1-3H3. The Bertz CT molecular complexity index is 789. The molecular formula is C18H20O3S. The quantitative estimate of drug-likeness (QED) is 0.800. The summed E-state index contributed by atoms with van der Waals surface area (Å²) in [5.41, 5.74) is 3.08. The van der Waals surface area contributed by atoms with Crippen LogP contribution in [0.4, 0.5) is 0 Å². The first-order valence-corrected chi connectivity index (χ1v) is 8.80. The predicted molar refractivity (Wildman–Crippen MR) is 86.3 cm³/mol. The van der Waals surface area contributed by atoms with Crippen molar-refractivity contribution in [3.05, 3.63) is 65.2 Å². The van der Waals surface area contributed by atoms with Crippen LogP contribution in [0.5, 0.6) is 0 Å². The highest BCUT2D eigenvalue weighted by atomic mass is 32.2. The van der Waals surface area contributed by atoms with E-state index in [0.717, 1.165) is 11.1 Å². The molecule has 0 saturated carbocycles. The van der Waals surface area contributed by atoms with Gasteiger partial charge in [0.15, 0.2) is 0 Å². The molecule has 2 aromatic rings. The number of fused-ring (bicyclic) bond motifs is 1. The van der Waals surface area contributed by atoms with Crippen molar-refractivity contribution in [1.29, 1.82) is 0 Å². The SMILES string of the molecule is Cc1ccc(S(=O)(=O)OC2CC(C)(C)c3ccccc32)cc1. The zero-order valence-electron chi connectivity index (χ0n) is 13.0. The van der Waals surface area contributed by atoms with E-state index in [9.17, 15) is 8.42 Å². The number of benzene rings is 2. The first-order chi connectivity index (χ1) is 10.3. The highest BCUT2D eigenvalue weighted by Crippen LogP contribution is 2.47. The Morgan fingerprint density at radius 2 is 1.68 bits per heavy atom. The lowest BCUT2D eigenvalue weighted by molar-refractivity contribution is 0.195.